The summed E-state index contributed by atoms with van der Waals surface area (Å²) in [6.45, 7) is 2.56. The number of urea groups is 1. The summed E-state index contributed by atoms with van der Waals surface area (Å²) in [6, 6.07) is 13.3. The Bertz CT molecular complexity index is 654. The van der Waals surface area contributed by atoms with Gasteiger partial charge in [-0.05, 0) is 24.3 Å². The number of benzene rings is 1. The minimum atomic E-state index is -0.125. The van der Waals surface area contributed by atoms with Gasteiger partial charge in [-0.3, -0.25) is 9.69 Å². The molecule has 6 heteroatoms. The predicted molar refractivity (Wildman–Crippen MR) is 88.2 cm³/mol. The lowest BCUT2D eigenvalue weighted by atomic mass is 10.3. The number of para-hydroxylation sites is 1. The van der Waals surface area contributed by atoms with Crippen LogP contribution in [-0.2, 0) is 11.3 Å². The lowest BCUT2D eigenvalue weighted by Crippen LogP contribution is -2.40. The average Bonchev–Trinajstić information content (AvgIpc) is 3.19. The van der Waals surface area contributed by atoms with Crippen LogP contribution in [0.1, 0.15) is 0 Å². The molecular weight excluding hydrogens is 292 g/mol. The number of hydrogen-bond donors (Lipinski definition) is 1. The van der Waals surface area contributed by atoms with Crippen LogP contribution in [0.15, 0.2) is 54.9 Å². The highest BCUT2D eigenvalue weighted by molar-refractivity contribution is 5.96. The Morgan fingerprint density at radius 2 is 1.78 bits per heavy atom. The number of nitrogens with one attached hydrogen (secondary N) is 1. The van der Waals surface area contributed by atoms with Gasteiger partial charge in [0, 0.05) is 44.3 Å². The van der Waals surface area contributed by atoms with Crippen molar-refractivity contribution in [3.63, 3.8) is 0 Å². The number of carbonyl (C=O) groups is 2. The largest absolute Gasteiger partial charge is 0.353 e. The second-order valence-corrected chi connectivity index (χ2v) is 5.46. The monoisotopic (exact) mass is 312 g/mol. The first-order valence-electron chi connectivity index (χ1n) is 7.73. The summed E-state index contributed by atoms with van der Waals surface area (Å²) in [7, 11) is 0. The van der Waals surface area contributed by atoms with Crippen molar-refractivity contribution in [2.45, 2.75) is 6.54 Å². The SMILES string of the molecule is O=C(CN1CCN(c2ccccc2)C1=O)NCCn1cccc1. The van der Waals surface area contributed by atoms with Gasteiger partial charge in [0.2, 0.25) is 5.91 Å². The quantitative estimate of drug-likeness (QED) is 0.880. The van der Waals surface area contributed by atoms with Crippen molar-refractivity contribution in [1.82, 2.24) is 14.8 Å². The molecule has 3 amide bonds. The Labute approximate surface area is 135 Å². The first kappa shape index (κ1) is 15.1. The van der Waals surface area contributed by atoms with Crippen molar-refractivity contribution in [3.8, 4) is 0 Å². The summed E-state index contributed by atoms with van der Waals surface area (Å²) in [5, 5.41) is 2.85. The van der Waals surface area contributed by atoms with Crippen molar-refractivity contribution in [1.29, 1.82) is 0 Å². The topological polar surface area (TPSA) is 57.6 Å². The van der Waals surface area contributed by atoms with Crippen LogP contribution in [-0.4, -0.2) is 47.6 Å². The Morgan fingerprint density at radius 3 is 2.52 bits per heavy atom. The van der Waals surface area contributed by atoms with Crippen LogP contribution in [0.3, 0.4) is 0 Å². The van der Waals surface area contributed by atoms with Crippen molar-refractivity contribution >= 4 is 17.6 Å². The van der Waals surface area contributed by atoms with Crippen LogP contribution in [0.2, 0.25) is 0 Å². The highest BCUT2D eigenvalue weighted by Gasteiger charge is 2.30. The molecule has 0 unspecified atom stereocenters. The third-order valence-electron chi connectivity index (χ3n) is 3.86. The average molecular weight is 312 g/mol. The zero-order valence-electron chi connectivity index (χ0n) is 12.9. The molecule has 0 radical (unpaired) electrons. The highest BCUT2D eigenvalue weighted by Crippen LogP contribution is 2.19. The van der Waals surface area contributed by atoms with E-state index in [1.165, 1.54) is 0 Å². The zero-order chi connectivity index (χ0) is 16.1. The number of hydrogen-bond acceptors (Lipinski definition) is 2. The summed E-state index contributed by atoms with van der Waals surface area (Å²) in [4.78, 5) is 27.6. The number of rotatable bonds is 6. The molecule has 3 rings (SSSR count). The maximum absolute atomic E-state index is 12.4. The number of aromatic nitrogens is 1. The number of anilines is 1. The summed E-state index contributed by atoms with van der Waals surface area (Å²) in [5.41, 5.74) is 0.869. The summed E-state index contributed by atoms with van der Waals surface area (Å²) < 4.78 is 2.00. The molecule has 0 bridgehead atoms. The molecule has 1 fully saturated rings. The zero-order valence-corrected chi connectivity index (χ0v) is 12.9. The second kappa shape index (κ2) is 7.00. The van der Waals surface area contributed by atoms with Crippen LogP contribution in [0.5, 0.6) is 0 Å². The van der Waals surface area contributed by atoms with Gasteiger partial charge in [0.1, 0.15) is 6.54 Å². The van der Waals surface area contributed by atoms with Crippen molar-refractivity contribution < 1.29 is 9.59 Å². The minimum absolute atomic E-state index is 0.105. The predicted octanol–water partition coefficient (Wildman–Crippen LogP) is 1.55. The molecule has 23 heavy (non-hydrogen) atoms. The smallest absolute Gasteiger partial charge is 0.325 e. The fourth-order valence-corrected chi connectivity index (χ4v) is 2.65. The van der Waals surface area contributed by atoms with Gasteiger partial charge < -0.3 is 14.8 Å². The van der Waals surface area contributed by atoms with Gasteiger partial charge in [0.25, 0.3) is 0 Å². The van der Waals surface area contributed by atoms with E-state index >= 15 is 0 Å². The molecule has 0 saturated carbocycles. The molecule has 1 N–H and O–H groups in total. The van der Waals surface area contributed by atoms with Gasteiger partial charge in [0.15, 0.2) is 0 Å². The van der Waals surface area contributed by atoms with Crippen molar-refractivity contribution in [2.75, 3.05) is 31.1 Å². The molecule has 0 spiro atoms. The van der Waals surface area contributed by atoms with E-state index in [0.717, 1.165) is 12.2 Å². The van der Waals surface area contributed by atoms with E-state index in [-0.39, 0.29) is 18.5 Å². The van der Waals surface area contributed by atoms with Gasteiger partial charge in [-0.25, -0.2) is 4.79 Å². The fourth-order valence-electron chi connectivity index (χ4n) is 2.65. The maximum atomic E-state index is 12.4. The van der Waals surface area contributed by atoms with E-state index in [1.807, 2.05) is 59.4 Å². The molecule has 1 saturated heterocycles. The Morgan fingerprint density at radius 1 is 1.04 bits per heavy atom. The molecule has 1 aromatic heterocycles. The van der Waals surface area contributed by atoms with Gasteiger partial charge in [0.05, 0.1) is 0 Å². The summed E-state index contributed by atoms with van der Waals surface area (Å²) in [5.74, 6) is -0.125. The molecule has 0 aliphatic carbocycles. The first-order chi connectivity index (χ1) is 11.2. The molecule has 1 aromatic carbocycles. The van der Waals surface area contributed by atoms with Crippen LogP contribution in [0.4, 0.5) is 10.5 Å². The Balaban J connectivity index is 1.47. The maximum Gasteiger partial charge on any atom is 0.325 e. The molecule has 120 valence electrons. The molecule has 2 aromatic rings. The Kier molecular flexibility index (Phi) is 4.61. The highest BCUT2D eigenvalue weighted by atomic mass is 16.2. The third-order valence-corrected chi connectivity index (χ3v) is 3.86. The van der Waals surface area contributed by atoms with Crippen LogP contribution in [0, 0.1) is 0 Å². The molecule has 2 heterocycles. The second-order valence-electron chi connectivity index (χ2n) is 5.46. The van der Waals surface area contributed by atoms with E-state index < -0.39 is 0 Å². The molecule has 1 aliphatic heterocycles. The van der Waals surface area contributed by atoms with Crippen LogP contribution in [0.25, 0.3) is 0 Å². The fraction of sp³-hybridized carbons (Fsp3) is 0.294. The van der Waals surface area contributed by atoms with Crippen LogP contribution >= 0.6 is 0 Å². The number of carbonyl (C=O) groups excluding carboxylic acids is 2. The van der Waals surface area contributed by atoms with E-state index in [2.05, 4.69) is 5.32 Å². The molecule has 1 aliphatic rings. The van der Waals surface area contributed by atoms with E-state index in [1.54, 1.807) is 9.80 Å². The first-order valence-corrected chi connectivity index (χ1v) is 7.73. The molecule has 0 atom stereocenters. The van der Waals surface area contributed by atoms with Crippen LogP contribution < -0.4 is 10.2 Å². The van der Waals surface area contributed by atoms with Gasteiger partial charge in [-0.2, -0.15) is 0 Å². The number of amides is 3. The van der Waals surface area contributed by atoms with Gasteiger partial charge >= 0.3 is 6.03 Å². The molecular formula is C17H20N4O2. The lowest BCUT2D eigenvalue weighted by molar-refractivity contribution is -0.121. The van der Waals surface area contributed by atoms with Crippen molar-refractivity contribution in [3.05, 3.63) is 54.9 Å². The van der Waals surface area contributed by atoms with E-state index in [0.29, 0.717) is 19.6 Å². The molecule has 6 nitrogen and oxygen atoms in total. The van der Waals surface area contributed by atoms with Gasteiger partial charge in [-0.1, -0.05) is 18.2 Å². The summed E-state index contributed by atoms with van der Waals surface area (Å²) in [6.07, 6.45) is 3.90. The Hall–Kier alpha value is -2.76. The third kappa shape index (κ3) is 3.71. The lowest BCUT2D eigenvalue weighted by Gasteiger charge is -2.18. The minimum Gasteiger partial charge on any atom is -0.353 e. The van der Waals surface area contributed by atoms with E-state index in [4.69, 9.17) is 0 Å². The standard InChI is InChI=1S/C17H20N4O2/c22-16(18-8-11-19-9-4-5-10-19)14-20-12-13-21(17(20)23)15-6-2-1-3-7-15/h1-7,9-10H,8,11-14H2,(H,18,22). The summed E-state index contributed by atoms with van der Waals surface area (Å²) >= 11 is 0. The van der Waals surface area contributed by atoms with Crippen molar-refractivity contribution in [2.24, 2.45) is 0 Å². The normalized spacial score (nSPS) is 14.3. The van der Waals surface area contributed by atoms with E-state index in [9.17, 15) is 9.59 Å². The van der Waals surface area contributed by atoms with Gasteiger partial charge in [-0.15, -0.1) is 0 Å². The number of nitrogens with zero attached hydrogens (tertiary/aromatic N) is 3.